The van der Waals surface area contributed by atoms with Crippen molar-refractivity contribution < 1.29 is 27.5 Å². The van der Waals surface area contributed by atoms with Crippen molar-refractivity contribution >= 4 is 34.0 Å². The molecular weight excluding hydrogens is 380 g/mol. The second kappa shape index (κ2) is 8.41. The highest BCUT2D eigenvalue weighted by Crippen LogP contribution is 2.19. The van der Waals surface area contributed by atoms with Crippen LogP contribution in [0, 0.1) is 0 Å². The highest BCUT2D eigenvalue weighted by Gasteiger charge is 2.13. The highest BCUT2D eigenvalue weighted by atomic mass is 32.1. The summed E-state index contributed by atoms with van der Waals surface area (Å²) in [6.07, 6.45) is 1.38. The molecule has 2 amide bonds. The molecule has 0 bridgehead atoms. The summed E-state index contributed by atoms with van der Waals surface area (Å²) in [6.45, 7) is -2.91. The molecule has 2 N–H and O–H groups in total. The van der Waals surface area contributed by atoms with Crippen LogP contribution >= 0.6 is 11.3 Å². The number of benzene rings is 1. The molecule has 0 fully saturated rings. The van der Waals surface area contributed by atoms with Crippen LogP contribution in [0.2, 0.25) is 0 Å². The lowest BCUT2D eigenvalue weighted by atomic mass is 10.2. The van der Waals surface area contributed by atoms with E-state index in [1.54, 1.807) is 11.4 Å². The van der Waals surface area contributed by atoms with Gasteiger partial charge < -0.3 is 14.5 Å². The van der Waals surface area contributed by atoms with Crippen LogP contribution in [-0.4, -0.2) is 23.4 Å². The quantitative estimate of drug-likeness (QED) is 0.637. The molecule has 27 heavy (non-hydrogen) atoms. The van der Waals surface area contributed by atoms with Crippen LogP contribution in [-0.2, 0) is 11.2 Å². The molecule has 0 saturated carbocycles. The number of amides is 2. The van der Waals surface area contributed by atoms with Gasteiger partial charge in [0.1, 0.15) is 5.75 Å². The zero-order valence-electron chi connectivity index (χ0n) is 13.6. The zero-order chi connectivity index (χ0) is 19.2. The normalized spacial score (nSPS) is 10.6. The number of alkyl halides is 2. The average Bonchev–Trinajstić information content (AvgIpc) is 3.28. The van der Waals surface area contributed by atoms with E-state index in [1.807, 2.05) is 0 Å². The maximum Gasteiger partial charge on any atom is 0.387 e. The fourth-order valence-corrected chi connectivity index (χ4v) is 2.81. The Balaban J connectivity index is 1.52. The summed E-state index contributed by atoms with van der Waals surface area (Å²) in [5.41, 5.74) is 0.910. The number of nitrogens with zero attached hydrogens (tertiary/aromatic N) is 1. The van der Waals surface area contributed by atoms with Crippen molar-refractivity contribution in [3.8, 4) is 5.75 Å². The molecule has 1 aromatic carbocycles. The maximum atomic E-state index is 12.1. The number of carbonyl (C=O) groups is 2. The van der Waals surface area contributed by atoms with Crippen LogP contribution < -0.4 is 15.4 Å². The Morgan fingerprint density at radius 3 is 2.63 bits per heavy atom. The van der Waals surface area contributed by atoms with Crippen molar-refractivity contribution in [2.24, 2.45) is 0 Å². The Morgan fingerprint density at radius 2 is 1.96 bits per heavy atom. The second-order valence-corrected chi connectivity index (χ2v) is 6.06. The van der Waals surface area contributed by atoms with Gasteiger partial charge in [-0.3, -0.25) is 14.9 Å². The van der Waals surface area contributed by atoms with Crippen molar-refractivity contribution in [3.63, 3.8) is 0 Å². The minimum atomic E-state index is -2.91. The Morgan fingerprint density at radius 1 is 1.19 bits per heavy atom. The standard InChI is InChI=1S/C17H13F2N3O4S/c18-16(19)26-12-5-3-10(4-6-12)20-14(23)8-11-9-27-17(21-11)22-15(24)13-2-1-7-25-13/h1-7,9,16H,8H2,(H,20,23)(H,21,22,24). The first-order chi connectivity index (χ1) is 13.0. The second-order valence-electron chi connectivity index (χ2n) is 5.20. The van der Waals surface area contributed by atoms with Crippen molar-refractivity contribution in [3.05, 3.63) is 59.5 Å². The Kier molecular flexibility index (Phi) is 5.77. The van der Waals surface area contributed by atoms with Crippen LogP contribution in [0.5, 0.6) is 5.75 Å². The van der Waals surface area contributed by atoms with Gasteiger partial charge in [0.2, 0.25) is 5.91 Å². The summed E-state index contributed by atoms with van der Waals surface area (Å²) in [4.78, 5) is 28.1. The van der Waals surface area contributed by atoms with E-state index in [4.69, 9.17) is 4.42 Å². The number of rotatable bonds is 7. The summed E-state index contributed by atoms with van der Waals surface area (Å²) >= 11 is 1.18. The number of anilines is 2. The molecule has 0 aliphatic rings. The summed E-state index contributed by atoms with van der Waals surface area (Å²) in [5.74, 6) is -0.619. The highest BCUT2D eigenvalue weighted by molar-refractivity contribution is 7.14. The van der Waals surface area contributed by atoms with E-state index < -0.39 is 12.5 Å². The molecule has 0 unspecified atom stereocenters. The molecule has 0 aliphatic carbocycles. The number of halogens is 2. The van der Waals surface area contributed by atoms with E-state index in [-0.39, 0.29) is 23.8 Å². The smallest absolute Gasteiger partial charge is 0.387 e. The number of aromatic nitrogens is 1. The largest absolute Gasteiger partial charge is 0.459 e. The van der Waals surface area contributed by atoms with Gasteiger partial charge in [-0.25, -0.2) is 4.98 Å². The average molecular weight is 393 g/mol. The number of furan rings is 1. The molecule has 140 valence electrons. The van der Waals surface area contributed by atoms with Crippen molar-refractivity contribution in [2.75, 3.05) is 10.6 Å². The minimum absolute atomic E-state index is 0.000518. The van der Waals surface area contributed by atoms with Crippen molar-refractivity contribution in [1.82, 2.24) is 4.98 Å². The molecule has 0 saturated heterocycles. The molecule has 7 nitrogen and oxygen atoms in total. The van der Waals surface area contributed by atoms with Gasteiger partial charge in [-0.05, 0) is 36.4 Å². The van der Waals surface area contributed by atoms with Crippen LogP contribution in [0.15, 0.2) is 52.5 Å². The van der Waals surface area contributed by atoms with E-state index >= 15 is 0 Å². The predicted molar refractivity (Wildman–Crippen MR) is 94.2 cm³/mol. The fraction of sp³-hybridized carbons (Fsp3) is 0.118. The first-order valence-electron chi connectivity index (χ1n) is 7.63. The molecule has 3 rings (SSSR count). The van der Waals surface area contributed by atoms with Crippen LogP contribution in [0.3, 0.4) is 0 Å². The van der Waals surface area contributed by atoms with Gasteiger partial charge in [0.05, 0.1) is 18.4 Å². The minimum Gasteiger partial charge on any atom is -0.459 e. The number of hydrogen-bond acceptors (Lipinski definition) is 6. The topological polar surface area (TPSA) is 93.5 Å². The molecule has 0 aliphatic heterocycles. The fourth-order valence-electron chi connectivity index (χ4n) is 2.10. The number of nitrogens with one attached hydrogen (secondary N) is 2. The Labute approximate surface area is 156 Å². The molecule has 0 spiro atoms. The molecule has 10 heteroatoms. The lowest BCUT2D eigenvalue weighted by molar-refractivity contribution is -0.115. The maximum absolute atomic E-state index is 12.1. The molecule has 2 heterocycles. The lowest BCUT2D eigenvalue weighted by Crippen LogP contribution is -2.15. The molecule has 2 aromatic heterocycles. The SMILES string of the molecule is O=C(Cc1csc(NC(=O)c2ccco2)n1)Nc1ccc(OC(F)F)cc1. The van der Waals surface area contributed by atoms with Gasteiger partial charge >= 0.3 is 6.61 Å². The number of thiazole rings is 1. The molecule has 0 radical (unpaired) electrons. The van der Waals surface area contributed by atoms with Crippen molar-refractivity contribution in [1.29, 1.82) is 0 Å². The van der Waals surface area contributed by atoms with Gasteiger partial charge in [-0.1, -0.05) is 0 Å². The van der Waals surface area contributed by atoms with Crippen LogP contribution in [0.25, 0.3) is 0 Å². The number of ether oxygens (including phenoxy) is 1. The third-order valence-electron chi connectivity index (χ3n) is 3.22. The zero-order valence-corrected chi connectivity index (χ0v) is 14.5. The van der Waals surface area contributed by atoms with E-state index in [2.05, 4.69) is 20.4 Å². The lowest BCUT2D eigenvalue weighted by Gasteiger charge is -2.07. The van der Waals surface area contributed by atoms with E-state index in [0.29, 0.717) is 16.5 Å². The molecule has 0 atom stereocenters. The van der Waals surface area contributed by atoms with Gasteiger partial charge in [0, 0.05) is 11.1 Å². The van der Waals surface area contributed by atoms with Crippen LogP contribution in [0.1, 0.15) is 16.2 Å². The van der Waals surface area contributed by atoms with Gasteiger partial charge in [-0.15, -0.1) is 11.3 Å². The van der Waals surface area contributed by atoms with E-state index in [9.17, 15) is 18.4 Å². The summed E-state index contributed by atoms with van der Waals surface area (Å²) in [7, 11) is 0. The van der Waals surface area contributed by atoms with Crippen LogP contribution in [0.4, 0.5) is 19.6 Å². The first kappa shape index (κ1) is 18.5. The molecule has 3 aromatic rings. The van der Waals surface area contributed by atoms with E-state index in [1.165, 1.54) is 47.9 Å². The first-order valence-corrected chi connectivity index (χ1v) is 8.51. The summed E-state index contributed by atoms with van der Waals surface area (Å²) < 4.78 is 33.4. The predicted octanol–water partition coefficient (Wildman–Crippen LogP) is 3.77. The van der Waals surface area contributed by atoms with Gasteiger partial charge in [0.25, 0.3) is 5.91 Å². The summed E-state index contributed by atoms with van der Waals surface area (Å²) in [6, 6.07) is 8.67. The van der Waals surface area contributed by atoms with E-state index in [0.717, 1.165) is 0 Å². The number of hydrogen-bond donors (Lipinski definition) is 2. The monoisotopic (exact) mass is 393 g/mol. The Hall–Kier alpha value is -3.27. The third-order valence-corrected chi connectivity index (χ3v) is 4.03. The van der Waals surface area contributed by atoms with Gasteiger partial charge in [-0.2, -0.15) is 8.78 Å². The van der Waals surface area contributed by atoms with Gasteiger partial charge in [0.15, 0.2) is 10.9 Å². The van der Waals surface area contributed by atoms with Crippen molar-refractivity contribution in [2.45, 2.75) is 13.0 Å². The molecular formula is C17H13F2N3O4S. The Bertz CT molecular complexity index is 911. The summed E-state index contributed by atoms with van der Waals surface area (Å²) in [5, 5.41) is 7.19. The third kappa shape index (κ3) is 5.35. The number of carbonyl (C=O) groups excluding carboxylic acids is 2.